The second kappa shape index (κ2) is 17.0. The van der Waals surface area contributed by atoms with Crippen LogP contribution in [0.5, 0.6) is 17.2 Å². The first-order valence-corrected chi connectivity index (χ1v) is 14.0. The Hall–Kier alpha value is -5.63. The van der Waals surface area contributed by atoms with Gasteiger partial charge in [0.15, 0.2) is 11.5 Å². The van der Waals surface area contributed by atoms with Crippen molar-refractivity contribution in [1.29, 1.82) is 0 Å². The van der Waals surface area contributed by atoms with Crippen LogP contribution in [0, 0.1) is 0 Å². The van der Waals surface area contributed by atoms with E-state index in [0.29, 0.717) is 22.6 Å². The zero-order valence-corrected chi connectivity index (χ0v) is 25.3. The third-order valence-electron chi connectivity index (χ3n) is 6.62. The Morgan fingerprint density at radius 3 is 2.07 bits per heavy atom. The van der Waals surface area contributed by atoms with Gasteiger partial charge in [0.25, 0.3) is 0 Å². The molecule has 0 aliphatic rings. The van der Waals surface area contributed by atoms with Crippen LogP contribution in [0.25, 0.3) is 0 Å². The minimum atomic E-state index is -1.28. The number of rotatable bonds is 16. The average Bonchev–Trinajstić information content (AvgIpc) is 3.03. The van der Waals surface area contributed by atoms with Crippen molar-refractivity contribution in [3.8, 4) is 17.2 Å². The predicted octanol–water partition coefficient (Wildman–Crippen LogP) is 1.81. The van der Waals surface area contributed by atoms with E-state index in [1.54, 1.807) is 66.7 Å². The van der Waals surface area contributed by atoms with Gasteiger partial charge in [-0.25, -0.2) is 14.4 Å². The van der Waals surface area contributed by atoms with E-state index in [2.05, 4.69) is 10.6 Å². The van der Waals surface area contributed by atoms with Gasteiger partial charge in [0.1, 0.15) is 24.4 Å². The quantitative estimate of drug-likeness (QED) is 0.143. The third-order valence-corrected chi connectivity index (χ3v) is 6.62. The summed E-state index contributed by atoms with van der Waals surface area (Å²) in [5, 5.41) is 14.6. The summed E-state index contributed by atoms with van der Waals surface area (Å²) >= 11 is 0. The molecule has 0 aliphatic heterocycles. The maximum Gasteiger partial charge on any atom is 0.408 e. The molecule has 3 aromatic carbocycles. The fourth-order valence-corrected chi connectivity index (χ4v) is 4.25. The minimum absolute atomic E-state index is 0.0125. The first-order chi connectivity index (χ1) is 22.0. The molecule has 0 aliphatic carbocycles. The summed E-state index contributed by atoms with van der Waals surface area (Å²) in [5.74, 6) is -2.40. The summed E-state index contributed by atoms with van der Waals surface area (Å²) in [6.07, 6.45) is -1.27. The van der Waals surface area contributed by atoms with Crippen molar-refractivity contribution >= 4 is 29.8 Å². The molecule has 3 atom stereocenters. The Balaban J connectivity index is 1.67. The topological polar surface area (TPSA) is 219 Å². The van der Waals surface area contributed by atoms with Crippen molar-refractivity contribution in [3.05, 3.63) is 89.5 Å². The van der Waals surface area contributed by atoms with Crippen LogP contribution in [0.3, 0.4) is 0 Å². The van der Waals surface area contributed by atoms with Crippen LogP contribution in [0.1, 0.15) is 23.1 Å². The summed E-state index contributed by atoms with van der Waals surface area (Å²) in [6, 6.07) is 16.8. The summed E-state index contributed by atoms with van der Waals surface area (Å²) in [7, 11) is 2.63. The molecule has 0 unspecified atom stereocenters. The number of hydrogen-bond donors (Lipinski definition) is 5. The van der Waals surface area contributed by atoms with Gasteiger partial charge < -0.3 is 46.2 Å². The highest BCUT2D eigenvalue weighted by molar-refractivity contribution is 5.90. The van der Waals surface area contributed by atoms with Crippen molar-refractivity contribution in [2.24, 2.45) is 11.5 Å². The molecule has 46 heavy (non-hydrogen) atoms. The van der Waals surface area contributed by atoms with Gasteiger partial charge >= 0.3 is 18.0 Å². The monoisotopic (exact) mass is 636 g/mol. The van der Waals surface area contributed by atoms with E-state index < -0.39 is 48.0 Å². The van der Waals surface area contributed by atoms with Crippen molar-refractivity contribution in [2.75, 3.05) is 14.2 Å². The zero-order valence-electron chi connectivity index (χ0n) is 25.3. The lowest BCUT2D eigenvalue weighted by atomic mass is 10.0. The summed E-state index contributed by atoms with van der Waals surface area (Å²) in [4.78, 5) is 59.9. The van der Waals surface area contributed by atoms with Crippen LogP contribution < -0.4 is 31.6 Å². The average molecular weight is 637 g/mol. The normalized spacial score (nSPS) is 12.5. The molecule has 7 N–H and O–H groups in total. The van der Waals surface area contributed by atoms with Gasteiger partial charge in [0.05, 0.1) is 26.7 Å². The lowest BCUT2D eigenvalue weighted by molar-refractivity contribution is -0.145. The van der Waals surface area contributed by atoms with Gasteiger partial charge in [0, 0.05) is 12.8 Å². The highest BCUT2D eigenvalue weighted by atomic mass is 16.5. The molecule has 0 aromatic heterocycles. The first-order valence-electron chi connectivity index (χ1n) is 14.0. The molecular weight excluding hydrogens is 600 g/mol. The van der Waals surface area contributed by atoms with Crippen LogP contribution in [0.4, 0.5) is 4.79 Å². The Labute approximate surface area is 264 Å². The van der Waals surface area contributed by atoms with E-state index in [1.165, 1.54) is 14.2 Å². The molecule has 0 bridgehead atoms. The number of methoxy groups -OCH3 is 2. The van der Waals surface area contributed by atoms with Gasteiger partial charge in [-0.2, -0.15) is 0 Å². The van der Waals surface area contributed by atoms with Gasteiger partial charge in [-0.3, -0.25) is 9.59 Å². The number of amides is 3. The summed E-state index contributed by atoms with van der Waals surface area (Å²) in [5.41, 5.74) is 12.7. The molecule has 3 aromatic rings. The predicted molar refractivity (Wildman–Crippen MR) is 164 cm³/mol. The molecule has 14 heteroatoms. The Morgan fingerprint density at radius 1 is 0.804 bits per heavy atom. The number of carbonyl (C=O) groups is 5. The number of ether oxygens (including phenoxy) is 4. The van der Waals surface area contributed by atoms with Crippen LogP contribution >= 0.6 is 0 Å². The van der Waals surface area contributed by atoms with Crippen molar-refractivity contribution < 1.29 is 48.0 Å². The molecule has 0 heterocycles. The number of carbonyl (C=O) groups excluding carboxylic acids is 4. The number of alkyl carbamates (subject to hydrolysis) is 1. The van der Waals surface area contributed by atoms with Gasteiger partial charge in [-0.1, -0.05) is 48.5 Å². The van der Waals surface area contributed by atoms with Crippen LogP contribution in [0.15, 0.2) is 72.8 Å². The number of primary amides is 1. The number of nitrogens with two attached hydrogens (primary N) is 2. The highest BCUT2D eigenvalue weighted by Gasteiger charge is 2.26. The number of carboxylic acids is 1. The van der Waals surface area contributed by atoms with E-state index in [0.717, 1.165) is 5.56 Å². The third kappa shape index (κ3) is 10.8. The van der Waals surface area contributed by atoms with Crippen LogP contribution in [0.2, 0.25) is 0 Å². The standard InChI is InChI=1S/C32H36N4O10/c1-43-26-13-10-21(15-24(30(39)40)36-32(42)45-18-20-6-4-3-5-7-20)16-27(26)46-22-11-8-19(9-12-22)14-25(31(41)44-2)35-29(38)23(33)17-28(34)37/h3-13,16,23-25H,14-15,17-18,33H2,1-2H3,(H2,34,37)(H,35,38)(H,36,42)(H,39,40)/t23-,24+,25+/m1/s1. The van der Waals surface area contributed by atoms with Crippen molar-refractivity contribution in [1.82, 2.24) is 10.6 Å². The number of nitrogens with one attached hydrogen (secondary N) is 2. The first kappa shape index (κ1) is 34.9. The number of aliphatic carboxylic acids is 1. The van der Waals surface area contributed by atoms with Crippen LogP contribution in [-0.2, 0) is 48.1 Å². The smallest absolute Gasteiger partial charge is 0.408 e. The number of hydrogen-bond acceptors (Lipinski definition) is 10. The second-order valence-corrected chi connectivity index (χ2v) is 10.1. The molecular formula is C32H36N4O10. The molecule has 0 fully saturated rings. The Bertz CT molecular complexity index is 1520. The Kier molecular flexibility index (Phi) is 12.9. The lowest BCUT2D eigenvalue weighted by Gasteiger charge is -2.19. The van der Waals surface area contributed by atoms with Crippen molar-refractivity contribution in [3.63, 3.8) is 0 Å². The zero-order chi connectivity index (χ0) is 33.6. The van der Waals surface area contributed by atoms with Gasteiger partial charge in [-0.15, -0.1) is 0 Å². The molecule has 0 saturated carbocycles. The molecule has 0 saturated heterocycles. The maximum atomic E-state index is 12.3. The maximum absolute atomic E-state index is 12.3. The van der Waals surface area contributed by atoms with Gasteiger partial charge in [0.2, 0.25) is 11.8 Å². The second-order valence-electron chi connectivity index (χ2n) is 10.1. The van der Waals surface area contributed by atoms with E-state index >= 15 is 0 Å². The Morgan fingerprint density at radius 2 is 1.46 bits per heavy atom. The molecule has 3 amide bonds. The van der Waals surface area contributed by atoms with Crippen LogP contribution in [-0.4, -0.2) is 67.3 Å². The van der Waals surface area contributed by atoms with E-state index in [9.17, 15) is 29.1 Å². The SMILES string of the molecule is COC(=O)[C@H](Cc1ccc(Oc2cc(C[C@H](NC(=O)OCc3ccccc3)C(=O)O)ccc2OC)cc1)NC(=O)[C@H](N)CC(N)=O. The lowest BCUT2D eigenvalue weighted by Crippen LogP contribution is -2.50. The number of benzene rings is 3. The fourth-order valence-electron chi connectivity index (χ4n) is 4.25. The minimum Gasteiger partial charge on any atom is -0.493 e. The number of esters is 1. The van der Waals surface area contributed by atoms with E-state index in [1.807, 2.05) is 6.07 Å². The molecule has 0 spiro atoms. The molecule has 244 valence electrons. The molecule has 3 rings (SSSR count). The summed E-state index contributed by atoms with van der Waals surface area (Å²) in [6.45, 7) is -0.0125. The van der Waals surface area contributed by atoms with E-state index in [4.69, 9.17) is 30.4 Å². The van der Waals surface area contributed by atoms with Gasteiger partial charge in [-0.05, 0) is 41.0 Å². The summed E-state index contributed by atoms with van der Waals surface area (Å²) < 4.78 is 21.3. The molecule has 14 nitrogen and oxygen atoms in total. The molecule has 0 radical (unpaired) electrons. The number of carboxylic acid groups (broad SMARTS) is 1. The largest absolute Gasteiger partial charge is 0.493 e. The fraction of sp³-hybridized carbons (Fsp3) is 0.281. The highest BCUT2D eigenvalue weighted by Crippen LogP contribution is 2.33. The van der Waals surface area contributed by atoms with E-state index in [-0.39, 0.29) is 31.6 Å². The van der Waals surface area contributed by atoms with Crippen molar-refractivity contribution in [2.45, 2.75) is 44.0 Å².